The molecule has 0 aliphatic carbocycles. The fourth-order valence-corrected chi connectivity index (χ4v) is 3.26. The van der Waals surface area contributed by atoms with E-state index in [2.05, 4.69) is 10.1 Å². The van der Waals surface area contributed by atoms with Crippen molar-refractivity contribution in [3.63, 3.8) is 0 Å². The maximum absolute atomic E-state index is 12.3. The largest absolute Gasteiger partial charge is 0.465 e. The van der Waals surface area contributed by atoms with Crippen molar-refractivity contribution >= 4 is 17.2 Å². The number of nitrogens with zero attached hydrogens (tertiary/aromatic N) is 3. The van der Waals surface area contributed by atoms with Crippen LogP contribution in [0.15, 0.2) is 16.1 Å². The van der Waals surface area contributed by atoms with Gasteiger partial charge in [0.15, 0.2) is 0 Å². The van der Waals surface area contributed by atoms with Crippen LogP contribution in [0.3, 0.4) is 0 Å². The van der Waals surface area contributed by atoms with Gasteiger partial charge in [-0.1, -0.05) is 16.5 Å². The first-order chi connectivity index (χ1) is 10.6. The molecule has 118 valence electrons. The van der Waals surface area contributed by atoms with E-state index in [9.17, 15) is 4.79 Å². The van der Waals surface area contributed by atoms with Gasteiger partial charge in [-0.05, 0) is 20.3 Å². The van der Waals surface area contributed by atoms with Gasteiger partial charge in [0.05, 0.1) is 12.2 Å². The molecule has 1 fully saturated rings. The van der Waals surface area contributed by atoms with Crippen molar-refractivity contribution in [3.8, 4) is 5.19 Å². The fraction of sp³-hybridized carbons (Fsp3) is 0.533. The van der Waals surface area contributed by atoms with E-state index in [4.69, 9.17) is 9.26 Å². The zero-order chi connectivity index (χ0) is 15.5. The third kappa shape index (κ3) is 3.30. The summed E-state index contributed by atoms with van der Waals surface area (Å²) in [4.78, 5) is 18.3. The zero-order valence-electron chi connectivity index (χ0n) is 12.7. The molecule has 0 bridgehead atoms. The van der Waals surface area contributed by atoms with Crippen LogP contribution in [0.25, 0.3) is 0 Å². The van der Waals surface area contributed by atoms with Crippen LogP contribution in [0.2, 0.25) is 0 Å². The van der Waals surface area contributed by atoms with Crippen molar-refractivity contribution in [1.82, 2.24) is 15.0 Å². The van der Waals surface area contributed by atoms with Crippen molar-refractivity contribution in [3.05, 3.63) is 28.6 Å². The quantitative estimate of drug-likeness (QED) is 0.845. The molecule has 22 heavy (non-hydrogen) atoms. The average molecular weight is 321 g/mol. The first-order valence-electron chi connectivity index (χ1n) is 7.39. The van der Waals surface area contributed by atoms with Crippen molar-refractivity contribution in [2.24, 2.45) is 0 Å². The van der Waals surface area contributed by atoms with Crippen molar-refractivity contribution < 1.29 is 14.1 Å². The number of hydrogen-bond acceptors (Lipinski definition) is 6. The lowest BCUT2D eigenvalue weighted by atomic mass is 10.1. The monoisotopic (exact) mass is 321 g/mol. The number of aromatic nitrogens is 2. The van der Waals surface area contributed by atoms with Crippen LogP contribution in [0.4, 0.5) is 0 Å². The number of ether oxygens (including phenoxy) is 1. The van der Waals surface area contributed by atoms with Crippen molar-refractivity contribution in [1.29, 1.82) is 0 Å². The standard InChI is InChI=1S/C15H19N3O3S/c1-10-13(11(2)21-17-10)3-4-14(19)18-7-5-12(9-18)20-15-16-6-8-22-15/h6,8,12H,3-5,7,9H2,1-2H3. The average Bonchev–Trinajstić information content (AvgIpc) is 3.22. The van der Waals surface area contributed by atoms with E-state index >= 15 is 0 Å². The second-order valence-electron chi connectivity index (χ2n) is 5.47. The Hall–Kier alpha value is -1.89. The van der Waals surface area contributed by atoms with Crippen LogP contribution in [-0.4, -0.2) is 40.1 Å². The van der Waals surface area contributed by atoms with Gasteiger partial charge in [0.25, 0.3) is 5.19 Å². The van der Waals surface area contributed by atoms with Crippen LogP contribution >= 0.6 is 11.3 Å². The van der Waals surface area contributed by atoms with E-state index in [1.165, 1.54) is 11.3 Å². The molecule has 1 unspecified atom stereocenters. The Labute approximate surface area is 133 Å². The molecule has 2 aromatic rings. The summed E-state index contributed by atoms with van der Waals surface area (Å²) in [5.74, 6) is 0.960. The highest BCUT2D eigenvalue weighted by molar-refractivity contribution is 7.11. The van der Waals surface area contributed by atoms with E-state index < -0.39 is 0 Å². The fourth-order valence-electron chi connectivity index (χ4n) is 2.71. The first kappa shape index (κ1) is 15.0. The molecule has 3 rings (SSSR count). The Kier molecular flexibility index (Phi) is 4.42. The summed E-state index contributed by atoms with van der Waals surface area (Å²) in [6.07, 6.45) is 3.79. The molecule has 6 nitrogen and oxygen atoms in total. The highest BCUT2D eigenvalue weighted by Crippen LogP contribution is 2.21. The van der Waals surface area contributed by atoms with Crippen LogP contribution in [-0.2, 0) is 11.2 Å². The summed E-state index contributed by atoms with van der Waals surface area (Å²) in [7, 11) is 0. The van der Waals surface area contributed by atoms with Crippen LogP contribution in [0.1, 0.15) is 29.9 Å². The number of amides is 1. The van der Waals surface area contributed by atoms with Gasteiger partial charge in [-0.3, -0.25) is 4.79 Å². The lowest BCUT2D eigenvalue weighted by Gasteiger charge is -2.16. The van der Waals surface area contributed by atoms with Gasteiger partial charge in [0, 0.05) is 36.5 Å². The smallest absolute Gasteiger partial charge is 0.273 e. The highest BCUT2D eigenvalue weighted by Gasteiger charge is 2.28. The highest BCUT2D eigenvalue weighted by atomic mass is 32.1. The number of hydrogen-bond donors (Lipinski definition) is 0. The minimum Gasteiger partial charge on any atom is -0.465 e. The van der Waals surface area contributed by atoms with Crippen LogP contribution in [0.5, 0.6) is 5.19 Å². The number of likely N-dealkylation sites (tertiary alicyclic amines) is 1. The lowest BCUT2D eigenvalue weighted by molar-refractivity contribution is -0.130. The van der Waals surface area contributed by atoms with Crippen LogP contribution < -0.4 is 4.74 Å². The van der Waals surface area contributed by atoms with Gasteiger partial charge in [0.2, 0.25) is 5.91 Å². The predicted octanol–water partition coefficient (Wildman–Crippen LogP) is 2.36. The van der Waals surface area contributed by atoms with Gasteiger partial charge in [-0.2, -0.15) is 0 Å². The molecule has 2 aromatic heterocycles. The van der Waals surface area contributed by atoms with Gasteiger partial charge in [-0.25, -0.2) is 4.98 Å². The summed E-state index contributed by atoms with van der Waals surface area (Å²) >= 11 is 1.48. The number of thiazole rings is 1. The Morgan fingerprint density at radius 3 is 3.09 bits per heavy atom. The van der Waals surface area contributed by atoms with E-state index in [1.807, 2.05) is 24.1 Å². The van der Waals surface area contributed by atoms with Gasteiger partial charge in [-0.15, -0.1) is 0 Å². The second kappa shape index (κ2) is 6.48. The summed E-state index contributed by atoms with van der Waals surface area (Å²) in [6, 6.07) is 0. The lowest BCUT2D eigenvalue weighted by Crippen LogP contribution is -2.31. The molecule has 0 saturated carbocycles. The first-order valence-corrected chi connectivity index (χ1v) is 8.27. The summed E-state index contributed by atoms with van der Waals surface area (Å²) < 4.78 is 10.9. The normalized spacial score (nSPS) is 17.9. The number of rotatable bonds is 5. The summed E-state index contributed by atoms with van der Waals surface area (Å²) in [6.45, 7) is 5.17. The van der Waals surface area contributed by atoms with Crippen molar-refractivity contribution in [2.45, 2.75) is 39.2 Å². The Balaban J connectivity index is 1.49. The minimum atomic E-state index is 0.0502. The Morgan fingerprint density at radius 2 is 2.41 bits per heavy atom. The van der Waals surface area contributed by atoms with E-state index in [1.54, 1.807) is 6.20 Å². The molecule has 1 aliphatic heterocycles. The van der Waals surface area contributed by atoms with Gasteiger partial charge in [0.1, 0.15) is 11.9 Å². The molecule has 0 aromatic carbocycles. The SMILES string of the molecule is Cc1noc(C)c1CCC(=O)N1CCC(Oc2nccs2)C1. The topological polar surface area (TPSA) is 68.5 Å². The van der Waals surface area contributed by atoms with E-state index in [-0.39, 0.29) is 12.0 Å². The third-order valence-electron chi connectivity index (χ3n) is 3.94. The third-order valence-corrected chi connectivity index (χ3v) is 4.61. The minimum absolute atomic E-state index is 0.0502. The molecule has 1 saturated heterocycles. The molecule has 0 spiro atoms. The molecule has 1 amide bonds. The number of aryl methyl sites for hydroxylation is 2. The van der Waals surface area contributed by atoms with E-state index in [0.717, 1.165) is 30.0 Å². The molecule has 1 atom stereocenters. The maximum atomic E-state index is 12.3. The molecule has 0 radical (unpaired) electrons. The molecular weight excluding hydrogens is 302 g/mol. The molecule has 7 heteroatoms. The molecule has 3 heterocycles. The second-order valence-corrected chi connectivity index (χ2v) is 6.33. The Bertz CT molecular complexity index is 619. The number of carbonyl (C=O) groups excluding carboxylic acids is 1. The van der Waals surface area contributed by atoms with Gasteiger partial charge >= 0.3 is 0 Å². The zero-order valence-corrected chi connectivity index (χ0v) is 13.6. The summed E-state index contributed by atoms with van der Waals surface area (Å²) in [5, 5.41) is 6.48. The predicted molar refractivity (Wildman–Crippen MR) is 82.0 cm³/mol. The molecule has 1 aliphatic rings. The summed E-state index contributed by atoms with van der Waals surface area (Å²) in [5.41, 5.74) is 1.92. The molecular formula is C15H19N3O3S. The molecule has 0 N–H and O–H groups in total. The van der Waals surface area contributed by atoms with E-state index in [0.29, 0.717) is 24.6 Å². The Morgan fingerprint density at radius 1 is 1.55 bits per heavy atom. The maximum Gasteiger partial charge on any atom is 0.273 e. The number of carbonyl (C=O) groups is 1. The van der Waals surface area contributed by atoms with Crippen LogP contribution in [0, 0.1) is 13.8 Å². The van der Waals surface area contributed by atoms with Crippen molar-refractivity contribution in [2.75, 3.05) is 13.1 Å². The van der Waals surface area contributed by atoms with Gasteiger partial charge < -0.3 is 14.2 Å².